The largest absolute Gasteiger partial charge is 0.421 e. The third kappa shape index (κ3) is 3.35. The van der Waals surface area contributed by atoms with Gasteiger partial charge in [-0.2, -0.15) is 0 Å². The molecule has 0 fully saturated rings. The molecule has 0 unspecified atom stereocenters. The number of hydrogen-bond donors (Lipinski definition) is 0. The van der Waals surface area contributed by atoms with Gasteiger partial charge in [-0.05, 0) is 53.3 Å². The molecule has 3 heterocycles. The predicted octanol–water partition coefficient (Wildman–Crippen LogP) is 3.88. The summed E-state index contributed by atoms with van der Waals surface area (Å²) in [6, 6.07) is 9.89. The highest BCUT2D eigenvalue weighted by atomic mass is 16.4. The number of nitrogens with zero attached hydrogens (tertiary/aromatic N) is 5. The molecule has 3 aromatic heterocycles. The Morgan fingerprint density at radius 1 is 1.04 bits per heavy atom. The number of fused-ring (bicyclic) bond motifs is 1. The Balaban J connectivity index is 1.80. The molecule has 0 spiro atoms. The average molecular weight is 377 g/mol. The summed E-state index contributed by atoms with van der Waals surface area (Å²) in [6.07, 6.45) is 1.78. The summed E-state index contributed by atoms with van der Waals surface area (Å²) in [6.45, 7) is 10.6. The molecule has 4 aromatic rings. The van der Waals surface area contributed by atoms with Gasteiger partial charge in [0.05, 0.1) is 6.54 Å². The molecule has 0 saturated carbocycles. The summed E-state index contributed by atoms with van der Waals surface area (Å²) < 4.78 is 8.66. The fourth-order valence-corrected chi connectivity index (χ4v) is 3.22. The number of aromatic nitrogens is 5. The monoisotopic (exact) mass is 377 g/mol. The Bertz CT molecular complexity index is 1220. The zero-order chi connectivity index (χ0) is 20.1. The Morgan fingerprint density at radius 2 is 1.82 bits per heavy atom. The molecule has 7 heteroatoms. The molecule has 0 atom stereocenters. The van der Waals surface area contributed by atoms with E-state index >= 15 is 0 Å². The lowest BCUT2D eigenvalue weighted by molar-refractivity contribution is 0.320. The van der Waals surface area contributed by atoms with E-state index in [-0.39, 0.29) is 11.1 Å². The highest BCUT2D eigenvalue weighted by molar-refractivity contribution is 5.74. The van der Waals surface area contributed by atoms with Crippen molar-refractivity contribution in [3.8, 4) is 22.6 Å². The topological polar surface area (TPSA) is 78.2 Å². The van der Waals surface area contributed by atoms with E-state index in [9.17, 15) is 4.79 Å². The molecular formula is C21H23N5O2. The summed E-state index contributed by atoms with van der Waals surface area (Å²) >= 11 is 0. The van der Waals surface area contributed by atoms with Gasteiger partial charge >= 0.3 is 5.69 Å². The van der Waals surface area contributed by atoms with Crippen LogP contribution in [0.25, 0.3) is 28.2 Å². The van der Waals surface area contributed by atoms with E-state index in [0.717, 1.165) is 22.3 Å². The molecule has 0 N–H and O–H groups in total. The van der Waals surface area contributed by atoms with E-state index in [1.54, 1.807) is 17.5 Å². The van der Waals surface area contributed by atoms with Gasteiger partial charge in [0.2, 0.25) is 11.8 Å². The average Bonchev–Trinajstić information content (AvgIpc) is 3.18. The maximum atomic E-state index is 12.6. The van der Waals surface area contributed by atoms with Gasteiger partial charge < -0.3 is 4.42 Å². The summed E-state index contributed by atoms with van der Waals surface area (Å²) in [4.78, 5) is 12.6. The maximum absolute atomic E-state index is 12.6. The zero-order valence-corrected chi connectivity index (χ0v) is 16.7. The third-order valence-electron chi connectivity index (χ3n) is 4.53. The minimum atomic E-state index is -0.122. The van der Waals surface area contributed by atoms with Crippen LogP contribution in [0.15, 0.2) is 45.7 Å². The van der Waals surface area contributed by atoms with E-state index in [1.807, 2.05) is 37.3 Å². The van der Waals surface area contributed by atoms with E-state index in [4.69, 9.17) is 4.42 Å². The third-order valence-corrected chi connectivity index (χ3v) is 4.53. The Labute approximate surface area is 162 Å². The molecule has 4 rings (SSSR count). The van der Waals surface area contributed by atoms with Crippen LogP contribution >= 0.6 is 0 Å². The molecule has 7 nitrogen and oxygen atoms in total. The molecule has 0 saturated heterocycles. The lowest BCUT2D eigenvalue weighted by Crippen LogP contribution is -2.27. The van der Waals surface area contributed by atoms with Crippen molar-refractivity contribution in [2.24, 2.45) is 5.41 Å². The van der Waals surface area contributed by atoms with Gasteiger partial charge in [-0.3, -0.25) is 4.40 Å². The minimum Gasteiger partial charge on any atom is -0.421 e. The van der Waals surface area contributed by atoms with E-state index in [1.165, 1.54) is 4.68 Å². The van der Waals surface area contributed by atoms with Crippen molar-refractivity contribution in [1.29, 1.82) is 0 Å². The molecule has 28 heavy (non-hydrogen) atoms. The van der Waals surface area contributed by atoms with Crippen LogP contribution in [0.5, 0.6) is 0 Å². The predicted molar refractivity (Wildman–Crippen MR) is 107 cm³/mol. The van der Waals surface area contributed by atoms with Crippen LogP contribution in [0.1, 0.15) is 32.2 Å². The van der Waals surface area contributed by atoms with E-state index in [2.05, 4.69) is 36.1 Å². The van der Waals surface area contributed by atoms with Gasteiger partial charge in [0, 0.05) is 18.7 Å². The summed E-state index contributed by atoms with van der Waals surface area (Å²) in [7, 11) is 0. The normalized spacial score (nSPS) is 12.0. The molecule has 144 valence electrons. The number of pyridine rings is 1. The minimum absolute atomic E-state index is 0.0300. The molecule has 0 bridgehead atoms. The Morgan fingerprint density at radius 3 is 2.50 bits per heavy atom. The first-order valence-corrected chi connectivity index (χ1v) is 9.22. The second kappa shape index (κ2) is 6.44. The molecule has 0 aliphatic rings. The van der Waals surface area contributed by atoms with Crippen LogP contribution in [-0.2, 0) is 6.54 Å². The Hall–Kier alpha value is -3.22. The van der Waals surface area contributed by atoms with Crippen molar-refractivity contribution in [2.45, 2.75) is 41.2 Å². The van der Waals surface area contributed by atoms with Crippen molar-refractivity contribution >= 4 is 5.65 Å². The highest BCUT2D eigenvalue weighted by Crippen LogP contribution is 2.29. The van der Waals surface area contributed by atoms with Crippen LogP contribution in [0.2, 0.25) is 0 Å². The lowest BCUT2D eigenvalue weighted by atomic mass is 9.97. The van der Waals surface area contributed by atoms with Crippen LogP contribution in [0, 0.1) is 19.3 Å². The van der Waals surface area contributed by atoms with Crippen molar-refractivity contribution in [3.05, 3.63) is 58.5 Å². The van der Waals surface area contributed by atoms with Gasteiger partial charge in [0.15, 0.2) is 5.65 Å². The number of rotatable bonds is 3. The first-order chi connectivity index (χ1) is 13.2. The van der Waals surface area contributed by atoms with Crippen LogP contribution in [-0.4, -0.2) is 24.4 Å². The smallest absolute Gasteiger partial charge is 0.350 e. The van der Waals surface area contributed by atoms with E-state index in [0.29, 0.717) is 24.0 Å². The molecule has 0 aliphatic heterocycles. The molecule has 0 amide bonds. The first kappa shape index (κ1) is 18.2. The van der Waals surface area contributed by atoms with Crippen LogP contribution < -0.4 is 5.69 Å². The number of benzene rings is 1. The van der Waals surface area contributed by atoms with Gasteiger partial charge in [0.25, 0.3) is 0 Å². The fourth-order valence-electron chi connectivity index (χ4n) is 3.22. The van der Waals surface area contributed by atoms with Crippen molar-refractivity contribution < 1.29 is 4.42 Å². The summed E-state index contributed by atoms with van der Waals surface area (Å²) in [5.74, 6) is 1.02. The Kier molecular flexibility index (Phi) is 4.18. The van der Waals surface area contributed by atoms with Crippen LogP contribution in [0.4, 0.5) is 0 Å². The maximum Gasteiger partial charge on any atom is 0.350 e. The second-order valence-electron chi connectivity index (χ2n) is 8.30. The van der Waals surface area contributed by atoms with Gasteiger partial charge in [-0.1, -0.05) is 26.8 Å². The van der Waals surface area contributed by atoms with E-state index < -0.39 is 0 Å². The SMILES string of the molecule is Cc1nnc(-c2ccc(C)c(-c3ccn4c(=O)n(CC(C)(C)C)nc4c3)c2)o1. The summed E-state index contributed by atoms with van der Waals surface area (Å²) in [5.41, 5.74) is 4.47. The van der Waals surface area contributed by atoms with Crippen molar-refractivity contribution in [2.75, 3.05) is 0 Å². The molecule has 0 aliphatic carbocycles. The molecular weight excluding hydrogens is 354 g/mol. The lowest BCUT2D eigenvalue weighted by Gasteiger charge is -2.16. The van der Waals surface area contributed by atoms with Crippen molar-refractivity contribution in [3.63, 3.8) is 0 Å². The molecule has 0 radical (unpaired) electrons. The highest BCUT2D eigenvalue weighted by Gasteiger charge is 2.16. The number of hydrogen-bond acceptors (Lipinski definition) is 5. The second-order valence-corrected chi connectivity index (χ2v) is 8.30. The van der Waals surface area contributed by atoms with Gasteiger partial charge in [-0.25, -0.2) is 9.48 Å². The number of aryl methyl sites for hydroxylation is 2. The van der Waals surface area contributed by atoms with Gasteiger partial charge in [-0.15, -0.1) is 15.3 Å². The fraction of sp³-hybridized carbons (Fsp3) is 0.333. The molecule has 1 aromatic carbocycles. The van der Waals surface area contributed by atoms with Crippen molar-refractivity contribution in [1.82, 2.24) is 24.4 Å². The summed E-state index contributed by atoms with van der Waals surface area (Å²) in [5, 5.41) is 12.5. The van der Waals surface area contributed by atoms with Crippen LogP contribution in [0.3, 0.4) is 0 Å². The first-order valence-electron chi connectivity index (χ1n) is 9.22. The zero-order valence-electron chi connectivity index (χ0n) is 16.7. The quantitative estimate of drug-likeness (QED) is 0.541. The van der Waals surface area contributed by atoms with Gasteiger partial charge in [0.1, 0.15) is 0 Å². The standard InChI is InChI=1S/C21H23N5O2/c1-13-6-7-16(19-23-22-14(2)28-19)10-17(13)15-8-9-25-18(11-15)24-26(20(25)27)12-21(3,4)5/h6-11H,12H2,1-5H3.